The van der Waals surface area contributed by atoms with E-state index in [1.54, 1.807) is 11.3 Å². The van der Waals surface area contributed by atoms with Gasteiger partial charge in [-0.15, -0.1) is 11.3 Å². The minimum absolute atomic E-state index is 0.556. The maximum atomic E-state index is 5.38. The van der Waals surface area contributed by atoms with Gasteiger partial charge in [-0.2, -0.15) is 10.1 Å². The molecule has 0 fully saturated rings. The van der Waals surface area contributed by atoms with Gasteiger partial charge in [-0.3, -0.25) is 10.00 Å². The molecule has 1 aromatic carbocycles. The number of rotatable bonds is 6. The standard InChI is InChI=1S/C18H18N6S2/c1-22(11-14-10-19-23(12-14)15-6-3-2-4-7-15)13-24-18(25)20-17(21-24)16-8-5-9-26-16/h2-10,12H,11,13H2,1H3,(H,20,21,25). The van der Waals surface area contributed by atoms with Crippen LogP contribution in [0.3, 0.4) is 0 Å². The fraction of sp³-hybridized carbons (Fsp3) is 0.167. The molecule has 3 aromatic heterocycles. The van der Waals surface area contributed by atoms with E-state index in [1.165, 1.54) is 0 Å². The maximum absolute atomic E-state index is 5.38. The van der Waals surface area contributed by atoms with E-state index >= 15 is 0 Å². The first-order chi connectivity index (χ1) is 12.7. The molecule has 132 valence electrons. The number of thiophene rings is 1. The highest BCUT2D eigenvalue weighted by Crippen LogP contribution is 2.20. The Hall–Kier alpha value is -2.55. The summed E-state index contributed by atoms with van der Waals surface area (Å²) in [6.45, 7) is 1.40. The Morgan fingerprint density at radius 2 is 2.04 bits per heavy atom. The Kier molecular flexibility index (Phi) is 4.79. The molecule has 0 unspecified atom stereocenters. The molecule has 1 N–H and O–H groups in total. The van der Waals surface area contributed by atoms with Gasteiger partial charge in [0.25, 0.3) is 0 Å². The van der Waals surface area contributed by atoms with Crippen LogP contribution in [-0.2, 0) is 13.2 Å². The Balaban J connectivity index is 1.44. The topological polar surface area (TPSA) is 54.7 Å². The molecule has 0 saturated carbocycles. The van der Waals surface area contributed by atoms with Crippen LogP contribution < -0.4 is 0 Å². The third-order valence-corrected chi connectivity index (χ3v) is 5.11. The third-order valence-electron chi connectivity index (χ3n) is 3.93. The van der Waals surface area contributed by atoms with Gasteiger partial charge >= 0.3 is 0 Å². The lowest BCUT2D eigenvalue weighted by atomic mass is 10.3. The predicted octanol–water partition coefficient (Wildman–Crippen LogP) is 3.94. The maximum Gasteiger partial charge on any atom is 0.217 e. The summed E-state index contributed by atoms with van der Waals surface area (Å²) in [7, 11) is 2.05. The fourth-order valence-electron chi connectivity index (χ4n) is 2.74. The summed E-state index contributed by atoms with van der Waals surface area (Å²) in [6, 6.07) is 14.1. The van der Waals surface area contributed by atoms with Gasteiger partial charge < -0.3 is 0 Å². The Bertz CT molecular complexity index is 1030. The number of benzene rings is 1. The van der Waals surface area contributed by atoms with Gasteiger partial charge in [-0.05, 0) is 42.8 Å². The Labute approximate surface area is 160 Å². The fourth-order valence-corrected chi connectivity index (χ4v) is 3.60. The minimum Gasteiger partial charge on any atom is -0.283 e. The molecule has 6 nitrogen and oxygen atoms in total. The zero-order valence-electron chi connectivity index (χ0n) is 14.2. The molecule has 0 radical (unpaired) electrons. The van der Waals surface area contributed by atoms with E-state index in [-0.39, 0.29) is 0 Å². The lowest BCUT2D eigenvalue weighted by molar-refractivity contribution is 0.244. The van der Waals surface area contributed by atoms with Crippen molar-refractivity contribution in [3.63, 3.8) is 0 Å². The molecule has 0 atom stereocenters. The average molecular weight is 383 g/mol. The quantitative estimate of drug-likeness (QED) is 0.513. The van der Waals surface area contributed by atoms with E-state index in [4.69, 9.17) is 12.2 Å². The molecule has 8 heteroatoms. The molecule has 0 saturated heterocycles. The second-order valence-corrected chi connectivity index (χ2v) is 7.36. The van der Waals surface area contributed by atoms with E-state index in [9.17, 15) is 0 Å². The number of nitrogens with zero attached hydrogens (tertiary/aromatic N) is 5. The Morgan fingerprint density at radius 1 is 1.19 bits per heavy atom. The highest BCUT2D eigenvalue weighted by molar-refractivity contribution is 7.71. The van der Waals surface area contributed by atoms with Gasteiger partial charge in [0.15, 0.2) is 5.82 Å². The van der Waals surface area contributed by atoms with E-state index in [0.29, 0.717) is 11.4 Å². The molecule has 0 aliphatic carbocycles. The molecule has 0 aliphatic heterocycles. The molecule has 0 amide bonds. The predicted molar refractivity (Wildman–Crippen MR) is 106 cm³/mol. The molecule has 26 heavy (non-hydrogen) atoms. The highest BCUT2D eigenvalue weighted by Gasteiger charge is 2.09. The van der Waals surface area contributed by atoms with Crippen molar-refractivity contribution in [1.29, 1.82) is 0 Å². The largest absolute Gasteiger partial charge is 0.283 e. The summed E-state index contributed by atoms with van der Waals surface area (Å²) in [4.78, 5) is 7.70. The molecular formula is C18H18N6S2. The van der Waals surface area contributed by atoms with Crippen LogP contribution in [0.5, 0.6) is 0 Å². The summed E-state index contributed by atoms with van der Waals surface area (Å²) in [5.74, 6) is 0.815. The van der Waals surface area contributed by atoms with Crippen LogP contribution in [0.15, 0.2) is 60.2 Å². The van der Waals surface area contributed by atoms with Gasteiger partial charge in [-0.25, -0.2) is 9.36 Å². The first-order valence-electron chi connectivity index (χ1n) is 8.17. The molecule has 0 aliphatic rings. The highest BCUT2D eigenvalue weighted by atomic mass is 32.1. The third kappa shape index (κ3) is 3.67. The SMILES string of the molecule is CN(Cc1cnn(-c2ccccc2)c1)Cn1[nH]c(-c2cccs2)nc1=S. The van der Waals surface area contributed by atoms with Crippen LogP contribution in [-0.4, -0.2) is 36.5 Å². The summed E-state index contributed by atoms with van der Waals surface area (Å²) in [6.07, 6.45) is 3.95. The van der Waals surface area contributed by atoms with Gasteiger partial charge in [0.05, 0.1) is 23.4 Å². The van der Waals surface area contributed by atoms with Crippen molar-refractivity contribution in [2.24, 2.45) is 0 Å². The number of hydrogen-bond acceptors (Lipinski definition) is 5. The van der Waals surface area contributed by atoms with Crippen molar-refractivity contribution in [1.82, 2.24) is 29.4 Å². The summed E-state index contributed by atoms with van der Waals surface area (Å²) < 4.78 is 4.33. The van der Waals surface area contributed by atoms with Crippen molar-refractivity contribution in [2.45, 2.75) is 13.2 Å². The first kappa shape index (κ1) is 16.9. The van der Waals surface area contributed by atoms with Crippen molar-refractivity contribution < 1.29 is 0 Å². The summed E-state index contributed by atoms with van der Waals surface area (Å²) in [5.41, 5.74) is 2.19. The molecule has 0 bridgehead atoms. The lowest BCUT2D eigenvalue weighted by Gasteiger charge is -2.15. The molecule has 4 rings (SSSR count). The van der Waals surface area contributed by atoms with E-state index in [1.807, 2.05) is 70.5 Å². The number of para-hydroxylation sites is 1. The second kappa shape index (κ2) is 7.36. The van der Waals surface area contributed by atoms with Crippen molar-refractivity contribution >= 4 is 23.6 Å². The lowest BCUT2D eigenvalue weighted by Crippen LogP contribution is -2.22. The summed E-state index contributed by atoms with van der Waals surface area (Å²) in [5, 5.41) is 9.76. The van der Waals surface area contributed by atoms with Crippen LogP contribution in [0, 0.1) is 4.77 Å². The first-order valence-corrected chi connectivity index (χ1v) is 9.46. The van der Waals surface area contributed by atoms with Crippen LogP contribution in [0.2, 0.25) is 0 Å². The second-order valence-electron chi connectivity index (χ2n) is 6.04. The van der Waals surface area contributed by atoms with Crippen molar-refractivity contribution in [3.8, 4) is 16.4 Å². The molecule has 0 spiro atoms. The zero-order valence-corrected chi connectivity index (χ0v) is 15.9. The van der Waals surface area contributed by atoms with Gasteiger partial charge in [0, 0.05) is 18.3 Å². The number of aromatic nitrogens is 5. The average Bonchev–Trinajstić information content (AvgIpc) is 3.38. The van der Waals surface area contributed by atoms with Crippen molar-refractivity contribution in [2.75, 3.05) is 7.05 Å². The number of aromatic amines is 1. The number of hydrogen-bond donors (Lipinski definition) is 1. The summed E-state index contributed by atoms with van der Waals surface area (Å²) >= 11 is 7.02. The zero-order chi connectivity index (χ0) is 17.9. The minimum atomic E-state index is 0.556. The molecule has 3 heterocycles. The van der Waals surface area contributed by atoms with Crippen molar-refractivity contribution in [3.05, 3.63) is 70.6 Å². The normalized spacial score (nSPS) is 11.3. The van der Waals surface area contributed by atoms with Crippen LogP contribution >= 0.6 is 23.6 Å². The van der Waals surface area contributed by atoms with Gasteiger partial charge in [0.1, 0.15) is 0 Å². The van der Waals surface area contributed by atoms with E-state index in [2.05, 4.69) is 26.3 Å². The number of H-pyrrole nitrogens is 1. The molecular weight excluding hydrogens is 364 g/mol. The number of nitrogens with one attached hydrogen (secondary N) is 1. The van der Waals surface area contributed by atoms with Crippen LogP contribution in [0.4, 0.5) is 0 Å². The van der Waals surface area contributed by atoms with Crippen LogP contribution in [0.1, 0.15) is 5.56 Å². The van der Waals surface area contributed by atoms with E-state index < -0.39 is 0 Å². The smallest absolute Gasteiger partial charge is 0.217 e. The molecule has 4 aromatic rings. The van der Waals surface area contributed by atoms with Crippen LogP contribution in [0.25, 0.3) is 16.4 Å². The monoisotopic (exact) mass is 382 g/mol. The Morgan fingerprint density at radius 3 is 2.81 bits per heavy atom. The van der Waals surface area contributed by atoms with Gasteiger partial charge in [-0.1, -0.05) is 24.3 Å². The van der Waals surface area contributed by atoms with Gasteiger partial charge in [0.2, 0.25) is 4.77 Å². The van der Waals surface area contributed by atoms with E-state index in [0.717, 1.165) is 28.5 Å².